The van der Waals surface area contributed by atoms with Crippen molar-refractivity contribution in [1.29, 1.82) is 0 Å². The van der Waals surface area contributed by atoms with Gasteiger partial charge in [0.2, 0.25) is 0 Å². The predicted molar refractivity (Wildman–Crippen MR) is 45.6 cm³/mol. The third-order valence-corrected chi connectivity index (χ3v) is 1.70. The van der Waals surface area contributed by atoms with E-state index in [2.05, 4.69) is 4.98 Å². The average Bonchev–Trinajstić information content (AvgIpc) is 2.01. The van der Waals surface area contributed by atoms with Crippen molar-refractivity contribution in [1.82, 2.24) is 4.98 Å². The summed E-state index contributed by atoms with van der Waals surface area (Å²) in [6, 6.07) is 0.835. The Morgan fingerprint density at radius 1 is 1.64 bits per heavy atom. The van der Waals surface area contributed by atoms with E-state index >= 15 is 0 Å². The van der Waals surface area contributed by atoms with Gasteiger partial charge in [-0.25, -0.2) is 18.6 Å². The number of carboxylic acids is 1. The van der Waals surface area contributed by atoms with E-state index in [0.29, 0.717) is 0 Å². The third-order valence-electron chi connectivity index (χ3n) is 1.51. The number of nitrogens with two attached hydrogens (primary N) is 1. The van der Waals surface area contributed by atoms with Gasteiger partial charge in [-0.15, -0.1) is 0 Å². The maximum Gasteiger partial charge on any atom is 0.336 e. The molecule has 0 aliphatic heterocycles. The first-order valence-corrected chi connectivity index (χ1v) is 3.78. The zero-order chi connectivity index (χ0) is 10.9. The van der Waals surface area contributed by atoms with Gasteiger partial charge in [-0.2, -0.15) is 0 Å². The Morgan fingerprint density at radius 2 is 2.21 bits per heavy atom. The molecule has 3 N–H and O–H groups in total. The molecule has 1 rings (SSSR count). The van der Waals surface area contributed by atoms with Crippen LogP contribution in [0.5, 0.6) is 0 Å². The summed E-state index contributed by atoms with van der Waals surface area (Å²) >= 11 is 5.37. The molecular weight excluding hydrogens is 218 g/mol. The van der Waals surface area contributed by atoms with Crippen molar-refractivity contribution in [3.63, 3.8) is 0 Å². The van der Waals surface area contributed by atoms with E-state index in [1.54, 1.807) is 0 Å². The van der Waals surface area contributed by atoms with E-state index in [0.717, 1.165) is 6.07 Å². The molecule has 1 aromatic heterocycles. The molecule has 0 spiro atoms. The van der Waals surface area contributed by atoms with E-state index in [9.17, 15) is 13.6 Å². The highest BCUT2D eigenvalue weighted by molar-refractivity contribution is 6.29. The highest BCUT2D eigenvalue weighted by atomic mass is 35.5. The van der Waals surface area contributed by atoms with Crippen LogP contribution in [-0.2, 0) is 0 Å². The number of aromatic nitrogens is 1. The minimum absolute atomic E-state index is 0.232. The summed E-state index contributed by atoms with van der Waals surface area (Å²) in [5.41, 5.74) is 3.69. The van der Waals surface area contributed by atoms with E-state index in [1.165, 1.54) is 0 Å². The van der Waals surface area contributed by atoms with Crippen LogP contribution in [0.1, 0.15) is 22.3 Å². The molecule has 0 aliphatic rings. The van der Waals surface area contributed by atoms with Crippen LogP contribution in [-0.4, -0.2) is 16.1 Å². The van der Waals surface area contributed by atoms with E-state index < -0.39 is 29.3 Å². The second kappa shape index (κ2) is 3.75. The summed E-state index contributed by atoms with van der Waals surface area (Å²) in [6.07, 6.45) is -2.99. The van der Waals surface area contributed by atoms with Gasteiger partial charge in [-0.1, -0.05) is 11.6 Å². The molecule has 0 saturated carbocycles. The lowest BCUT2D eigenvalue weighted by atomic mass is 10.1. The van der Waals surface area contributed by atoms with Crippen molar-refractivity contribution in [2.24, 2.45) is 0 Å². The first-order valence-electron chi connectivity index (χ1n) is 3.41. The SMILES string of the molecule is Nc1nc(Cl)cc(C(=O)O)c1C(F)F. The molecule has 0 aromatic carbocycles. The number of hydrogen-bond donors (Lipinski definition) is 2. The molecule has 14 heavy (non-hydrogen) atoms. The van der Waals surface area contributed by atoms with Crippen molar-refractivity contribution >= 4 is 23.4 Å². The van der Waals surface area contributed by atoms with Crippen molar-refractivity contribution < 1.29 is 18.7 Å². The Balaban J connectivity index is 3.44. The predicted octanol–water partition coefficient (Wildman–Crippen LogP) is 1.95. The molecule has 1 heterocycles. The molecule has 0 atom stereocenters. The molecule has 0 amide bonds. The van der Waals surface area contributed by atoms with Crippen LogP contribution >= 0.6 is 11.6 Å². The quantitative estimate of drug-likeness (QED) is 0.750. The second-order valence-corrected chi connectivity index (χ2v) is 2.78. The molecule has 0 radical (unpaired) electrons. The topological polar surface area (TPSA) is 76.2 Å². The highest BCUT2D eigenvalue weighted by Gasteiger charge is 2.22. The summed E-state index contributed by atoms with van der Waals surface area (Å²) in [4.78, 5) is 13.9. The summed E-state index contributed by atoms with van der Waals surface area (Å²) in [7, 11) is 0. The van der Waals surface area contributed by atoms with Crippen molar-refractivity contribution in [2.45, 2.75) is 6.43 Å². The lowest BCUT2D eigenvalue weighted by Crippen LogP contribution is -2.08. The number of nitrogen functional groups attached to an aromatic ring is 1. The molecule has 0 saturated heterocycles. The Kier molecular flexibility index (Phi) is 2.85. The van der Waals surface area contributed by atoms with Gasteiger partial charge in [0.25, 0.3) is 6.43 Å². The Labute approximate surface area is 82.3 Å². The summed E-state index contributed by atoms with van der Waals surface area (Å²) < 4.78 is 24.7. The van der Waals surface area contributed by atoms with Gasteiger partial charge in [-0.05, 0) is 6.07 Å². The van der Waals surface area contributed by atoms with Gasteiger partial charge in [-0.3, -0.25) is 0 Å². The minimum atomic E-state index is -2.99. The van der Waals surface area contributed by atoms with Crippen LogP contribution in [0.15, 0.2) is 6.07 Å². The largest absolute Gasteiger partial charge is 0.478 e. The summed E-state index contributed by atoms with van der Waals surface area (Å²) in [6.45, 7) is 0. The number of nitrogens with zero attached hydrogens (tertiary/aromatic N) is 1. The standard InChI is InChI=1S/C7H5ClF2N2O2/c8-3-1-2(7(13)14)4(5(9)10)6(11)12-3/h1,5H,(H2,11,12)(H,13,14). The Morgan fingerprint density at radius 3 is 2.64 bits per heavy atom. The number of pyridine rings is 1. The Hall–Kier alpha value is -1.43. The highest BCUT2D eigenvalue weighted by Crippen LogP contribution is 2.29. The van der Waals surface area contributed by atoms with Crippen LogP contribution in [0.3, 0.4) is 0 Å². The fourth-order valence-corrected chi connectivity index (χ4v) is 1.15. The monoisotopic (exact) mass is 222 g/mol. The van der Waals surface area contributed by atoms with E-state index in [-0.39, 0.29) is 5.15 Å². The molecule has 1 aromatic rings. The fraction of sp³-hybridized carbons (Fsp3) is 0.143. The van der Waals surface area contributed by atoms with Gasteiger partial charge in [0.15, 0.2) is 0 Å². The van der Waals surface area contributed by atoms with Crippen LogP contribution in [0.4, 0.5) is 14.6 Å². The number of halogens is 3. The molecule has 0 bridgehead atoms. The zero-order valence-electron chi connectivity index (χ0n) is 6.67. The van der Waals surface area contributed by atoms with E-state index in [1.807, 2.05) is 0 Å². The molecule has 4 nitrogen and oxygen atoms in total. The maximum atomic E-state index is 12.4. The number of carboxylic acid groups (broad SMARTS) is 1. The van der Waals surface area contributed by atoms with Gasteiger partial charge in [0, 0.05) is 0 Å². The molecule has 0 aliphatic carbocycles. The Bertz CT molecular complexity index is 384. The normalized spacial score (nSPS) is 10.6. The first-order chi connectivity index (χ1) is 6.43. The average molecular weight is 223 g/mol. The molecule has 76 valence electrons. The number of aromatic carboxylic acids is 1. The lowest BCUT2D eigenvalue weighted by Gasteiger charge is -2.07. The molecule has 0 unspecified atom stereocenters. The minimum Gasteiger partial charge on any atom is -0.478 e. The zero-order valence-corrected chi connectivity index (χ0v) is 7.42. The second-order valence-electron chi connectivity index (χ2n) is 2.40. The van der Waals surface area contributed by atoms with Crippen molar-refractivity contribution in [2.75, 3.05) is 5.73 Å². The molecule has 7 heteroatoms. The maximum absolute atomic E-state index is 12.4. The van der Waals surface area contributed by atoms with Crippen molar-refractivity contribution in [3.05, 3.63) is 22.3 Å². The van der Waals surface area contributed by atoms with Crippen LogP contribution in [0.2, 0.25) is 5.15 Å². The van der Waals surface area contributed by atoms with Crippen molar-refractivity contribution in [3.8, 4) is 0 Å². The third kappa shape index (κ3) is 1.90. The lowest BCUT2D eigenvalue weighted by molar-refractivity contribution is 0.0684. The van der Waals surface area contributed by atoms with Gasteiger partial charge < -0.3 is 10.8 Å². The van der Waals surface area contributed by atoms with E-state index in [4.69, 9.17) is 22.4 Å². The molecule has 0 fully saturated rings. The van der Waals surface area contributed by atoms with Gasteiger partial charge in [0.1, 0.15) is 11.0 Å². The van der Waals surface area contributed by atoms with Crippen LogP contribution < -0.4 is 5.73 Å². The van der Waals surface area contributed by atoms with Crippen LogP contribution in [0.25, 0.3) is 0 Å². The van der Waals surface area contributed by atoms with Crippen LogP contribution in [0, 0.1) is 0 Å². The number of hydrogen-bond acceptors (Lipinski definition) is 3. The summed E-state index contributed by atoms with van der Waals surface area (Å²) in [5, 5.41) is 8.36. The smallest absolute Gasteiger partial charge is 0.336 e. The van der Waals surface area contributed by atoms with Gasteiger partial charge in [0.05, 0.1) is 11.1 Å². The molecular formula is C7H5ClF2N2O2. The number of anilines is 1. The number of rotatable bonds is 2. The summed E-state index contributed by atoms with van der Waals surface area (Å²) in [5.74, 6) is -2.08. The number of carbonyl (C=O) groups is 1. The van der Waals surface area contributed by atoms with Gasteiger partial charge >= 0.3 is 5.97 Å². The fourth-order valence-electron chi connectivity index (χ4n) is 0.949. The number of alkyl halides is 2. The first kappa shape index (κ1) is 10.6.